The molecule has 1 amide bonds. The number of nitro groups is 1. The minimum Gasteiger partial charge on any atom is -0.349 e. The molecule has 142 valence electrons. The number of carbonyl (C=O) groups excluding carboxylic acids is 1. The highest BCUT2D eigenvalue weighted by Gasteiger charge is 2.40. The van der Waals surface area contributed by atoms with Crippen molar-refractivity contribution in [2.45, 2.75) is 18.4 Å². The van der Waals surface area contributed by atoms with Gasteiger partial charge in [0.1, 0.15) is 11.5 Å². The Labute approximate surface area is 160 Å². The third-order valence-corrected chi connectivity index (χ3v) is 4.81. The van der Waals surface area contributed by atoms with Crippen molar-refractivity contribution in [2.24, 2.45) is 7.05 Å². The lowest BCUT2D eigenvalue weighted by Crippen LogP contribution is -2.26. The van der Waals surface area contributed by atoms with Crippen LogP contribution in [0, 0.1) is 15.9 Å². The number of amides is 1. The summed E-state index contributed by atoms with van der Waals surface area (Å²) in [6.45, 7) is 0. The minimum atomic E-state index is -0.477. The molecular formula is C20H17FN4O3. The Morgan fingerprint density at radius 3 is 2.71 bits per heavy atom. The Morgan fingerprint density at radius 2 is 2.04 bits per heavy atom. The number of nitrogens with zero attached hydrogens (tertiary/aromatic N) is 3. The Hall–Kier alpha value is -3.55. The van der Waals surface area contributed by atoms with E-state index in [0.29, 0.717) is 16.8 Å². The van der Waals surface area contributed by atoms with Gasteiger partial charge in [-0.2, -0.15) is 5.10 Å². The summed E-state index contributed by atoms with van der Waals surface area (Å²) in [5.74, 6) is -0.466. The highest BCUT2D eigenvalue weighted by Crippen LogP contribution is 2.41. The summed E-state index contributed by atoms with van der Waals surface area (Å²) >= 11 is 0. The molecule has 1 heterocycles. The second-order valence-electron chi connectivity index (χ2n) is 6.85. The number of hydrogen-bond donors (Lipinski definition) is 1. The number of halogens is 1. The van der Waals surface area contributed by atoms with Gasteiger partial charge >= 0.3 is 0 Å². The molecule has 3 aromatic rings. The molecule has 1 fully saturated rings. The monoisotopic (exact) mass is 380 g/mol. The van der Waals surface area contributed by atoms with Crippen LogP contribution in [0.5, 0.6) is 0 Å². The van der Waals surface area contributed by atoms with Crippen LogP contribution in [-0.2, 0) is 7.05 Å². The van der Waals surface area contributed by atoms with Crippen LogP contribution in [-0.4, -0.2) is 26.7 Å². The quantitative estimate of drug-likeness (QED) is 0.542. The molecule has 0 radical (unpaired) electrons. The molecular weight excluding hydrogens is 363 g/mol. The predicted octanol–water partition coefficient (Wildman–Crippen LogP) is 3.42. The van der Waals surface area contributed by atoms with Crippen molar-refractivity contribution in [1.29, 1.82) is 0 Å². The minimum absolute atomic E-state index is 0.0263. The van der Waals surface area contributed by atoms with Gasteiger partial charge in [0.05, 0.1) is 10.5 Å². The van der Waals surface area contributed by atoms with Crippen molar-refractivity contribution in [3.05, 3.63) is 81.8 Å². The van der Waals surface area contributed by atoms with Crippen molar-refractivity contribution in [3.8, 4) is 11.3 Å². The van der Waals surface area contributed by atoms with Crippen molar-refractivity contribution >= 4 is 11.6 Å². The normalized spacial score (nSPS) is 17.9. The van der Waals surface area contributed by atoms with Crippen LogP contribution < -0.4 is 5.32 Å². The summed E-state index contributed by atoms with van der Waals surface area (Å²) in [5.41, 5.74) is 2.31. The van der Waals surface area contributed by atoms with Gasteiger partial charge in [-0.05, 0) is 36.2 Å². The topological polar surface area (TPSA) is 90.1 Å². The van der Waals surface area contributed by atoms with Crippen LogP contribution in [0.4, 0.5) is 10.1 Å². The fourth-order valence-corrected chi connectivity index (χ4v) is 3.32. The Morgan fingerprint density at radius 1 is 1.29 bits per heavy atom. The van der Waals surface area contributed by atoms with Crippen LogP contribution in [0.1, 0.15) is 28.3 Å². The fourth-order valence-electron chi connectivity index (χ4n) is 3.32. The third kappa shape index (κ3) is 3.48. The highest BCUT2D eigenvalue weighted by atomic mass is 19.1. The van der Waals surface area contributed by atoms with E-state index in [0.717, 1.165) is 12.0 Å². The summed E-state index contributed by atoms with van der Waals surface area (Å²) in [5, 5.41) is 18.1. The first-order valence-corrected chi connectivity index (χ1v) is 8.77. The molecule has 7 nitrogen and oxygen atoms in total. The molecule has 0 bridgehead atoms. The van der Waals surface area contributed by atoms with E-state index >= 15 is 0 Å². The zero-order chi connectivity index (χ0) is 19.8. The van der Waals surface area contributed by atoms with E-state index in [4.69, 9.17) is 0 Å². The Bertz CT molecular complexity index is 1060. The molecule has 0 saturated heterocycles. The van der Waals surface area contributed by atoms with Gasteiger partial charge in [-0.1, -0.05) is 12.1 Å². The maximum atomic E-state index is 13.4. The zero-order valence-corrected chi connectivity index (χ0v) is 15.0. The van der Waals surface area contributed by atoms with Gasteiger partial charge in [0.15, 0.2) is 0 Å². The number of non-ortho nitro benzene ring substituents is 1. The van der Waals surface area contributed by atoms with Crippen molar-refractivity contribution in [1.82, 2.24) is 15.1 Å². The molecule has 0 spiro atoms. The van der Waals surface area contributed by atoms with Gasteiger partial charge < -0.3 is 5.32 Å². The summed E-state index contributed by atoms with van der Waals surface area (Å²) in [6, 6.07) is 12.3. The van der Waals surface area contributed by atoms with E-state index in [1.54, 1.807) is 31.4 Å². The summed E-state index contributed by atoms with van der Waals surface area (Å²) < 4.78 is 14.9. The Balaban J connectivity index is 1.52. The lowest BCUT2D eigenvalue weighted by Gasteiger charge is -2.06. The number of benzene rings is 2. The summed E-state index contributed by atoms with van der Waals surface area (Å²) in [7, 11) is 1.71. The average Bonchev–Trinajstić information content (AvgIpc) is 3.32. The van der Waals surface area contributed by atoms with E-state index in [1.165, 1.54) is 28.9 Å². The zero-order valence-electron chi connectivity index (χ0n) is 15.0. The lowest BCUT2D eigenvalue weighted by atomic mass is 10.1. The molecule has 1 saturated carbocycles. The van der Waals surface area contributed by atoms with Gasteiger partial charge in [0, 0.05) is 42.9 Å². The largest absolute Gasteiger partial charge is 0.349 e. The molecule has 1 aliphatic rings. The summed E-state index contributed by atoms with van der Waals surface area (Å²) in [6.07, 6.45) is 2.37. The molecule has 1 N–H and O–H groups in total. The van der Waals surface area contributed by atoms with Gasteiger partial charge in [0.2, 0.25) is 0 Å². The molecule has 2 unspecified atom stereocenters. The van der Waals surface area contributed by atoms with Crippen LogP contribution in [0.3, 0.4) is 0 Å². The van der Waals surface area contributed by atoms with Gasteiger partial charge in [-0.25, -0.2) is 4.39 Å². The van der Waals surface area contributed by atoms with Crippen molar-refractivity contribution in [2.75, 3.05) is 0 Å². The third-order valence-electron chi connectivity index (χ3n) is 4.81. The molecule has 0 aliphatic heterocycles. The van der Waals surface area contributed by atoms with Crippen molar-refractivity contribution in [3.63, 3.8) is 0 Å². The molecule has 28 heavy (non-hydrogen) atoms. The summed E-state index contributed by atoms with van der Waals surface area (Å²) in [4.78, 5) is 23.1. The molecule has 4 rings (SSSR count). The fraction of sp³-hybridized carbons (Fsp3) is 0.200. The average molecular weight is 380 g/mol. The van der Waals surface area contributed by atoms with E-state index in [9.17, 15) is 19.3 Å². The van der Waals surface area contributed by atoms with Crippen LogP contribution in [0.2, 0.25) is 0 Å². The smallest absolute Gasteiger partial charge is 0.269 e. The maximum absolute atomic E-state index is 13.4. The number of nitrogens with one attached hydrogen (secondary N) is 1. The first-order valence-electron chi connectivity index (χ1n) is 8.77. The van der Waals surface area contributed by atoms with E-state index in [-0.39, 0.29) is 29.4 Å². The van der Waals surface area contributed by atoms with Crippen LogP contribution >= 0.6 is 0 Å². The Kier molecular flexibility index (Phi) is 4.38. The molecule has 1 aromatic heterocycles. The second kappa shape index (κ2) is 6.88. The molecule has 1 aliphatic carbocycles. The number of nitro benzene ring substituents is 1. The number of hydrogen-bond acceptors (Lipinski definition) is 4. The SMILES string of the molecule is Cn1cc(C(=O)NC2CC2c2cccc(F)c2)c(-c2ccc([N+](=O)[O-])cc2)n1. The number of aromatic nitrogens is 2. The first kappa shape index (κ1) is 17.8. The predicted molar refractivity (Wildman–Crippen MR) is 100 cm³/mol. The molecule has 8 heteroatoms. The molecule has 2 atom stereocenters. The standard InChI is InChI=1S/C20H17FN4O3/c1-24-11-17(19(23-24)12-5-7-15(8-6-12)25(27)28)20(26)22-18-10-16(18)13-3-2-4-14(21)9-13/h2-9,11,16,18H,10H2,1H3,(H,22,26). The first-order chi connectivity index (χ1) is 13.4. The highest BCUT2D eigenvalue weighted by molar-refractivity contribution is 6.00. The number of carbonyl (C=O) groups is 1. The van der Waals surface area contributed by atoms with Crippen LogP contribution in [0.25, 0.3) is 11.3 Å². The van der Waals surface area contributed by atoms with Gasteiger partial charge in [-0.15, -0.1) is 0 Å². The lowest BCUT2D eigenvalue weighted by molar-refractivity contribution is -0.384. The van der Waals surface area contributed by atoms with E-state index < -0.39 is 4.92 Å². The maximum Gasteiger partial charge on any atom is 0.269 e. The van der Waals surface area contributed by atoms with Crippen LogP contribution in [0.15, 0.2) is 54.7 Å². The number of aryl methyl sites for hydroxylation is 1. The van der Waals surface area contributed by atoms with Crippen molar-refractivity contribution < 1.29 is 14.1 Å². The van der Waals surface area contributed by atoms with Gasteiger partial charge in [0.25, 0.3) is 11.6 Å². The van der Waals surface area contributed by atoms with E-state index in [1.807, 2.05) is 6.07 Å². The number of rotatable bonds is 5. The molecule has 2 aromatic carbocycles. The van der Waals surface area contributed by atoms with Gasteiger partial charge in [-0.3, -0.25) is 19.6 Å². The van der Waals surface area contributed by atoms with E-state index in [2.05, 4.69) is 10.4 Å². The second-order valence-corrected chi connectivity index (χ2v) is 6.85.